The molecule has 0 bridgehead atoms. The maximum absolute atomic E-state index is 5.36. The molecule has 8 heteroatoms. The van der Waals surface area contributed by atoms with E-state index in [-0.39, 0.29) is 0 Å². The third kappa shape index (κ3) is 3.80. The van der Waals surface area contributed by atoms with Crippen molar-refractivity contribution >= 4 is 34.4 Å². The molecule has 1 heterocycles. The molecule has 0 unspecified atom stereocenters. The standard InChI is InChI=1S/C17H15BrN4O2S/c1-23-14-6-3-11(4-7-14)16-20-21-17(25)22(16)19-10-12-9-13(18)5-8-15(12)24-2/h3-10H,1-2H3,(H,21,25)/b19-10-. The number of halogens is 1. The number of nitrogens with one attached hydrogen (secondary N) is 1. The summed E-state index contributed by atoms with van der Waals surface area (Å²) < 4.78 is 13.4. The predicted octanol–water partition coefficient (Wildman–Crippen LogP) is 4.27. The number of aromatic nitrogens is 3. The number of ether oxygens (including phenoxy) is 2. The van der Waals surface area contributed by atoms with Crippen LogP contribution in [0.5, 0.6) is 11.5 Å². The van der Waals surface area contributed by atoms with Gasteiger partial charge in [0.05, 0.1) is 20.4 Å². The molecule has 6 nitrogen and oxygen atoms in total. The van der Waals surface area contributed by atoms with Crippen LogP contribution >= 0.6 is 28.1 Å². The molecule has 128 valence electrons. The van der Waals surface area contributed by atoms with E-state index in [4.69, 9.17) is 21.7 Å². The van der Waals surface area contributed by atoms with Crippen LogP contribution in [0, 0.1) is 4.77 Å². The maximum Gasteiger partial charge on any atom is 0.216 e. The smallest absolute Gasteiger partial charge is 0.216 e. The lowest BCUT2D eigenvalue weighted by Gasteiger charge is -2.05. The second kappa shape index (κ2) is 7.62. The van der Waals surface area contributed by atoms with Crippen molar-refractivity contribution in [1.82, 2.24) is 14.9 Å². The monoisotopic (exact) mass is 418 g/mol. The fraction of sp³-hybridized carbons (Fsp3) is 0.118. The number of hydrogen-bond donors (Lipinski definition) is 1. The lowest BCUT2D eigenvalue weighted by atomic mass is 10.2. The van der Waals surface area contributed by atoms with E-state index in [9.17, 15) is 0 Å². The van der Waals surface area contributed by atoms with Crippen LogP contribution in [0.2, 0.25) is 0 Å². The third-order valence-electron chi connectivity index (χ3n) is 3.50. The van der Waals surface area contributed by atoms with Crippen LogP contribution < -0.4 is 9.47 Å². The topological polar surface area (TPSA) is 64.4 Å². The zero-order valence-electron chi connectivity index (χ0n) is 13.6. The van der Waals surface area contributed by atoms with Gasteiger partial charge in [-0.3, -0.25) is 0 Å². The van der Waals surface area contributed by atoms with Gasteiger partial charge in [-0.2, -0.15) is 14.9 Å². The molecule has 0 aliphatic heterocycles. The van der Waals surface area contributed by atoms with Crippen molar-refractivity contribution in [3.05, 3.63) is 57.3 Å². The fourth-order valence-electron chi connectivity index (χ4n) is 2.25. The normalized spacial score (nSPS) is 11.0. The number of methoxy groups -OCH3 is 2. The van der Waals surface area contributed by atoms with Crippen molar-refractivity contribution in [3.63, 3.8) is 0 Å². The quantitative estimate of drug-likeness (QED) is 0.496. The van der Waals surface area contributed by atoms with Gasteiger partial charge in [-0.15, -0.1) is 0 Å². The van der Waals surface area contributed by atoms with Crippen molar-refractivity contribution in [2.24, 2.45) is 5.10 Å². The van der Waals surface area contributed by atoms with E-state index in [0.29, 0.717) is 16.3 Å². The summed E-state index contributed by atoms with van der Waals surface area (Å²) in [7, 11) is 3.24. The van der Waals surface area contributed by atoms with Crippen LogP contribution in [0.1, 0.15) is 5.56 Å². The van der Waals surface area contributed by atoms with E-state index in [2.05, 4.69) is 31.2 Å². The first-order valence-corrected chi connectivity index (χ1v) is 8.52. The van der Waals surface area contributed by atoms with E-state index >= 15 is 0 Å². The highest BCUT2D eigenvalue weighted by molar-refractivity contribution is 9.10. The van der Waals surface area contributed by atoms with Gasteiger partial charge in [0.1, 0.15) is 11.5 Å². The van der Waals surface area contributed by atoms with E-state index < -0.39 is 0 Å². The lowest BCUT2D eigenvalue weighted by molar-refractivity contribution is 0.414. The van der Waals surface area contributed by atoms with Gasteiger partial charge in [0.25, 0.3) is 0 Å². The molecule has 25 heavy (non-hydrogen) atoms. The molecule has 0 spiro atoms. The fourth-order valence-corrected chi connectivity index (χ4v) is 2.81. The number of nitrogens with zero attached hydrogens (tertiary/aromatic N) is 3. The highest BCUT2D eigenvalue weighted by atomic mass is 79.9. The number of rotatable bonds is 5. The summed E-state index contributed by atoms with van der Waals surface area (Å²) in [5, 5.41) is 11.5. The van der Waals surface area contributed by atoms with Crippen LogP contribution in [-0.2, 0) is 0 Å². The molecular formula is C17H15BrN4O2S. The minimum atomic E-state index is 0.399. The Balaban J connectivity index is 2.00. The van der Waals surface area contributed by atoms with E-state index in [0.717, 1.165) is 21.3 Å². The average molecular weight is 419 g/mol. The van der Waals surface area contributed by atoms with Gasteiger partial charge in [-0.05, 0) is 54.7 Å². The largest absolute Gasteiger partial charge is 0.497 e. The molecule has 3 rings (SSSR count). The Bertz CT molecular complexity index is 964. The lowest BCUT2D eigenvalue weighted by Crippen LogP contribution is -1.97. The van der Waals surface area contributed by atoms with Crippen molar-refractivity contribution in [1.29, 1.82) is 0 Å². The SMILES string of the molecule is COc1ccc(-c2n[nH]c(=S)n2/N=C\c2cc(Br)ccc2OC)cc1. The molecule has 1 aromatic heterocycles. The zero-order chi connectivity index (χ0) is 17.8. The van der Waals surface area contributed by atoms with E-state index in [1.54, 1.807) is 25.1 Å². The molecule has 1 N–H and O–H groups in total. The van der Waals surface area contributed by atoms with E-state index in [1.807, 2.05) is 42.5 Å². The summed E-state index contributed by atoms with van der Waals surface area (Å²) in [6.45, 7) is 0. The Morgan fingerprint density at radius 2 is 1.92 bits per heavy atom. The minimum absolute atomic E-state index is 0.399. The van der Waals surface area contributed by atoms with Gasteiger partial charge in [0.15, 0.2) is 5.82 Å². The van der Waals surface area contributed by atoms with Crippen molar-refractivity contribution < 1.29 is 9.47 Å². The van der Waals surface area contributed by atoms with Gasteiger partial charge in [0, 0.05) is 15.6 Å². The first kappa shape index (κ1) is 17.4. The molecule has 0 aliphatic carbocycles. The zero-order valence-corrected chi connectivity index (χ0v) is 16.0. The number of H-pyrrole nitrogens is 1. The summed E-state index contributed by atoms with van der Waals surface area (Å²) in [5.74, 6) is 2.10. The summed E-state index contributed by atoms with van der Waals surface area (Å²) in [4.78, 5) is 0. The van der Waals surface area contributed by atoms with E-state index in [1.165, 1.54) is 0 Å². The van der Waals surface area contributed by atoms with Crippen LogP contribution in [0.15, 0.2) is 52.0 Å². The van der Waals surface area contributed by atoms with Crippen LogP contribution in [0.25, 0.3) is 11.4 Å². The number of hydrogen-bond acceptors (Lipinski definition) is 5. The highest BCUT2D eigenvalue weighted by Gasteiger charge is 2.09. The van der Waals surface area contributed by atoms with Crippen LogP contribution in [0.3, 0.4) is 0 Å². The number of benzene rings is 2. The summed E-state index contributed by atoms with van der Waals surface area (Å²) in [6, 6.07) is 13.2. The highest BCUT2D eigenvalue weighted by Crippen LogP contribution is 2.23. The van der Waals surface area contributed by atoms with Gasteiger partial charge in [-0.25, -0.2) is 5.10 Å². The van der Waals surface area contributed by atoms with Crippen molar-refractivity contribution in [3.8, 4) is 22.9 Å². The number of aromatic amines is 1. The molecule has 0 amide bonds. The maximum atomic E-state index is 5.36. The summed E-state index contributed by atoms with van der Waals surface area (Å²) >= 11 is 8.74. The second-order valence-electron chi connectivity index (χ2n) is 5.02. The summed E-state index contributed by atoms with van der Waals surface area (Å²) in [6.07, 6.45) is 1.68. The molecule has 0 fully saturated rings. The van der Waals surface area contributed by atoms with Crippen molar-refractivity contribution in [2.45, 2.75) is 0 Å². The molecule has 3 aromatic rings. The van der Waals surface area contributed by atoms with Crippen LogP contribution in [0.4, 0.5) is 0 Å². The Morgan fingerprint density at radius 3 is 2.60 bits per heavy atom. The second-order valence-corrected chi connectivity index (χ2v) is 6.33. The van der Waals surface area contributed by atoms with Gasteiger partial charge < -0.3 is 9.47 Å². The van der Waals surface area contributed by atoms with Gasteiger partial charge >= 0.3 is 0 Å². The van der Waals surface area contributed by atoms with Crippen LogP contribution in [-0.4, -0.2) is 35.3 Å². The molecule has 2 aromatic carbocycles. The first-order chi connectivity index (χ1) is 12.1. The first-order valence-electron chi connectivity index (χ1n) is 7.32. The molecule has 0 saturated heterocycles. The minimum Gasteiger partial charge on any atom is -0.497 e. The molecule has 0 atom stereocenters. The Hall–Kier alpha value is -2.45. The molecule has 0 saturated carbocycles. The summed E-state index contributed by atoms with van der Waals surface area (Å²) in [5.41, 5.74) is 1.69. The Labute approximate surface area is 158 Å². The Kier molecular flexibility index (Phi) is 5.30. The molecule has 0 aliphatic rings. The molecule has 0 radical (unpaired) electrons. The average Bonchev–Trinajstić information content (AvgIpc) is 3.00. The molecular weight excluding hydrogens is 404 g/mol. The Morgan fingerprint density at radius 1 is 1.16 bits per heavy atom. The van der Waals surface area contributed by atoms with Gasteiger partial charge in [0.2, 0.25) is 4.77 Å². The van der Waals surface area contributed by atoms with Gasteiger partial charge in [-0.1, -0.05) is 15.9 Å². The predicted molar refractivity (Wildman–Crippen MR) is 103 cm³/mol. The third-order valence-corrected chi connectivity index (χ3v) is 4.26. The van der Waals surface area contributed by atoms with Crippen molar-refractivity contribution in [2.75, 3.05) is 14.2 Å².